The van der Waals surface area contributed by atoms with Crippen LogP contribution in [0.15, 0.2) is 114 Å². The Kier molecular flexibility index (Phi) is 7.40. The van der Waals surface area contributed by atoms with Gasteiger partial charge in [0.25, 0.3) is 0 Å². The summed E-state index contributed by atoms with van der Waals surface area (Å²) in [7, 11) is -1.99. The van der Waals surface area contributed by atoms with Crippen molar-refractivity contribution in [3.63, 3.8) is 0 Å². The van der Waals surface area contributed by atoms with Crippen molar-refractivity contribution in [3.05, 3.63) is 125 Å². The van der Waals surface area contributed by atoms with Gasteiger partial charge in [0.15, 0.2) is 0 Å². The van der Waals surface area contributed by atoms with Crippen LogP contribution in [0.1, 0.15) is 5.56 Å². The van der Waals surface area contributed by atoms with Gasteiger partial charge in [0.2, 0.25) is 0 Å². The molecule has 0 radical (unpaired) electrons. The topological polar surface area (TPSA) is 0 Å². The summed E-state index contributed by atoms with van der Waals surface area (Å²) in [5.41, 5.74) is 1.01. The average Bonchev–Trinajstić information content (AvgIpc) is 2.76. The highest BCUT2D eigenvalue weighted by molar-refractivity contribution is 9.10. The molecule has 0 aliphatic heterocycles. The van der Waals surface area contributed by atoms with Crippen LogP contribution in [0.4, 0.5) is 4.39 Å². The highest BCUT2D eigenvalue weighted by Crippen LogP contribution is 2.58. The molecule has 0 nitrogen and oxygen atoms in total. The molecule has 29 heavy (non-hydrogen) atoms. The summed E-state index contributed by atoms with van der Waals surface area (Å²) >= 11 is 3.28. The van der Waals surface area contributed by atoms with Crippen molar-refractivity contribution in [3.8, 4) is 0 Å². The van der Waals surface area contributed by atoms with E-state index in [9.17, 15) is 4.39 Å². The van der Waals surface area contributed by atoms with Crippen LogP contribution in [-0.2, 0) is 6.16 Å². The number of halogens is 3. The summed E-state index contributed by atoms with van der Waals surface area (Å²) in [6.45, 7) is 0. The SMILES string of the molecule is Fc1cc(C[P+](c2ccccc2)(c2ccccc2)c2ccccc2)ccc1Br.[Br-]. The van der Waals surface area contributed by atoms with Gasteiger partial charge in [-0.25, -0.2) is 4.39 Å². The number of hydrogen-bond acceptors (Lipinski definition) is 0. The third-order valence-corrected chi connectivity index (χ3v) is 10.0. The summed E-state index contributed by atoms with van der Waals surface area (Å²) in [6.07, 6.45) is 0.773. The Morgan fingerprint density at radius 3 is 1.41 bits per heavy atom. The van der Waals surface area contributed by atoms with E-state index in [1.807, 2.05) is 24.3 Å². The van der Waals surface area contributed by atoms with Gasteiger partial charge in [-0.05, 0) is 70.0 Å². The van der Waals surface area contributed by atoms with Crippen molar-refractivity contribution in [2.24, 2.45) is 0 Å². The minimum Gasteiger partial charge on any atom is -1.00 e. The second kappa shape index (κ2) is 9.80. The average molecular weight is 530 g/mol. The second-order valence-corrected chi connectivity index (χ2v) is 11.1. The normalized spacial score (nSPS) is 11.0. The number of benzene rings is 4. The molecule has 0 unspecified atom stereocenters. The van der Waals surface area contributed by atoms with E-state index in [0.29, 0.717) is 4.47 Å². The molecule has 0 saturated carbocycles. The molecule has 0 aliphatic rings. The standard InChI is InChI=1S/C25H20BrFP.BrH/c26-24-17-16-20(18-25(24)27)19-28(21-10-4-1-5-11-21,22-12-6-2-7-13-22)23-14-8-3-9-15-23;/h1-18H,19H2;1H/q+1;/p-1. The smallest absolute Gasteiger partial charge is 0.137 e. The zero-order chi connectivity index (χ0) is 19.4. The summed E-state index contributed by atoms with van der Waals surface area (Å²) in [5.74, 6) is -0.218. The largest absolute Gasteiger partial charge is 1.00 e. The number of rotatable bonds is 5. The molecule has 0 fully saturated rings. The maximum absolute atomic E-state index is 14.3. The Hall–Kier alpha value is -1.80. The molecule has 4 aromatic carbocycles. The lowest BCUT2D eigenvalue weighted by Crippen LogP contribution is -3.00. The van der Waals surface area contributed by atoms with Gasteiger partial charge >= 0.3 is 0 Å². The second-order valence-electron chi connectivity index (χ2n) is 6.72. The van der Waals surface area contributed by atoms with E-state index in [2.05, 4.69) is 88.7 Å². The molecular formula is C25H20Br2FP. The monoisotopic (exact) mass is 528 g/mol. The zero-order valence-corrected chi connectivity index (χ0v) is 19.7. The summed E-state index contributed by atoms with van der Waals surface area (Å²) < 4.78 is 14.8. The maximum atomic E-state index is 14.3. The fraction of sp³-hybridized carbons (Fsp3) is 0.0400. The van der Waals surface area contributed by atoms with Crippen LogP contribution < -0.4 is 32.9 Å². The van der Waals surface area contributed by atoms with Gasteiger partial charge in [0, 0.05) is 0 Å². The van der Waals surface area contributed by atoms with Crippen LogP contribution >= 0.6 is 23.2 Å². The van der Waals surface area contributed by atoms with E-state index in [1.54, 1.807) is 12.1 Å². The minimum atomic E-state index is -1.99. The van der Waals surface area contributed by atoms with Crippen LogP contribution in [0, 0.1) is 5.82 Å². The van der Waals surface area contributed by atoms with Gasteiger partial charge in [-0.3, -0.25) is 0 Å². The molecular weight excluding hydrogens is 510 g/mol. The molecule has 0 N–H and O–H groups in total. The Labute approximate surface area is 191 Å². The van der Waals surface area contributed by atoms with Gasteiger partial charge in [0.1, 0.15) is 29.0 Å². The van der Waals surface area contributed by atoms with E-state index in [1.165, 1.54) is 15.9 Å². The van der Waals surface area contributed by atoms with E-state index in [4.69, 9.17) is 0 Å². The first-order valence-electron chi connectivity index (χ1n) is 9.19. The van der Waals surface area contributed by atoms with Crippen LogP contribution in [-0.4, -0.2) is 0 Å². The van der Waals surface area contributed by atoms with Gasteiger partial charge in [-0.2, -0.15) is 0 Å². The van der Waals surface area contributed by atoms with Crippen molar-refractivity contribution in [1.82, 2.24) is 0 Å². The Bertz CT molecular complexity index is 957. The van der Waals surface area contributed by atoms with Crippen molar-refractivity contribution in [1.29, 1.82) is 0 Å². The highest BCUT2D eigenvalue weighted by Gasteiger charge is 2.45. The molecule has 4 heteroatoms. The third-order valence-electron chi connectivity index (χ3n) is 4.99. The van der Waals surface area contributed by atoms with Crippen molar-refractivity contribution < 1.29 is 21.4 Å². The van der Waals surface area contributed by atoms with E-state index >= 15 is 0 Å². The van der Waals surface area contributed by atoms with Gasteiger partial charge in [0.05, 0.1) is 10.6 Å². The van der Waals surface area contributed by atoms with Crippen molar-refractivity contribution >= 4 is 39.1 Å². The lowest BCUT2D eigenvalue weighted by atomic mass is 10.2. The van der Waals surface area contributed by atoms with Crippen LogP contribution in [0.5, 0.6) is 0 Å². The summed E-state index contributed by atoms with van der Waals surface area (Å²) in [6, 6.07) is 37.5. The first-order chi connectivity index (χ1) is 13.7. The third kappa shape index (κ3) is 4.53. The maximum Gasteiger partial charge on any atom is 0.137 e. The van der Waals surface area contributed by atoms with Gasteiger partial charge < -0.3 is 17.0 Å². The van der Waals surface area contributed by atoms with E-state index in [0.717, 1.165) is 11.7 Å². The molecule has 0 amide bonds. The quantitative estimate of drug-likeness (QED) is 0.349. The molecule has 4 aromatic rings. The molecule has 4 rings (SSSR count). The highest BCUT2D eigenvalue weighted by atomic mass is 79.9. The molecule has 0 aliphatic carbocycles. The summed E-state index contributed by atoms with van der Waals surface area (Å²) in [5, 5.41) is 3.90. The van der Waals surface area contributed by atoms with Crippen LogP contribution in [0.25, 0.3) is 0 Å². The fourth-order valence-electron chi connectivity index (χ4n) is 3.68. The Balaban J connectivity index is 0.00000240. The van der Waals surface area contributed by atoms with E-state index < -0.39 is 7.26 Å². The first kappa shape index (κ1) is 21.9. The minimum absolute atomic E-state index is 0. The molecule has 0 heterocycles. The van der Waals surface area contributed by atoms with Crippen molar-refractivity contribution in [2.75, 3.05) is 0 Å². The summed E-state index contributed by atoms with van der Waals surface area (Å²) in [4.78, 5) is 0. The Morgan fingerprint density at radius 2 is 1.03 bits per heavy atom. The zero-order valence-electron chi connectivity index (χ0n) is 15.7. The lowest BCUT2D eigenvalue weighted by molar-refractivity contribution is -0.00000594. The van der Waals surface area contributed by atoms with Crippen molar-refractivity contribution in [2.45, 2.75) is 6.16 Å². The molecule has 0 spiro atoms. The first-order valence-corrected chi connectivity index (χ1v) is 12.0. The molecule has 0 saturated heterocycles. The number of hydrogen-bond donors (Lipinski definition) is 0. The Morgan fingerprint density at radius 1 is 0.621 bits per heavy atom. The predicted octanol–water partition coefficient (Wildman–Crippen LogP) is 3.09. The van der Waals surface area contributed by atoms with Gasteiger partial charge in [-0.15, -0.1) is 0 Å². The van der Waals surface area contributed by atoms with Crippen LogP contribution in [0.2, 0.25) is 0 Å². The molecule has 0 bridgehead atoms. The molecule has 0 aromatic heterocycles. The molecule has 146 valence electrons. The van der Waals surface area contributed by atoms with Crippen LogP contribution in [0.3, 0.4) is 0 Å². The predicted molar refractivity (Wildman–Crippen MR) is 123 cm³/mol. The molecule has 0 atom stereocenters. The lowest BCUT2D eigenvalue weighted by Gasteiger charge is -2.28. The van der Waals surface area contributed by atoms with Gasteiger partial charge in [-0.1, -0.05) is 60.7 Å². The van der Waals surface area contributed by atoms with E-state index in [-0.39, 0.29) is 22.8 Å². The fourth-order valence-corrected chi connectivity index (χ4v) is 8.16.